The number of nitrogens with zero attached hydrogens (tertiary/aromatic N) is 3. The number of hydrogen-bond acceptors (Lipinski definition) is 6. The van der Waals surface area contributed by atoms with Crippen molar-refractivity contribution in [2.45, 2.75) is 11.4 Å². The van der Waals surface area contributed by atoms with E-state index in [0.29, 0.717) is 0 Å². The zero-order valence-electron chi connectivity index (χ0n) is 16.4. The molecule has 0 fully saturated rings. The van der Waals surface area contributed by atoms with Crippen LogP contribution >= 0.6 is 11.6 Å². The summed E-state index contributed by atoms with van der Waals surface area (Å²) in [7, 11) is -1.04. The highest BCUT2D eigenvalue weighted by molar-refractivity contribution is 7.89. The lowest BCUT2D eigenvalue weighted by Crippen LogP contribution is -2.31. The van der Waals surface area contributed by atoms with Crippen LogP contribution in [0.25, 0.3) is 10.8 Å². The number of aromatic nitrogens is 2. The molecule has 0 saturated heterocycles. The van der Waals surface area contributed by atoms with Crippen molar-refractivity contribution in [1.29, 1.82) is 0 Å². The van der Waals surface area contributed by atoms with Crippen LogP contribution in [0.15, 0.2) is 52.2 Å². The number of hydrogen-bond donors (Lipinski definition) is 2. The Morgan fingerprint density at radius 2 is 1.81 bits per heavy atom. The van der Waals surface area contributed by atoms with Crippen molar-refractivity contribution < 1.29 is 23.1 Å². The molecule has 1 aromatic heterocycles. The summed E-state index contributed by atoms with van der Waals surface area (Å²) in [6.07, 6.45) is 0. The molecule has 0 spiro atoms. The Morgan fingerprint density at radius 3 is 2.42 bits per heavy atom. The molecular weight excluding hydrogens is 448 g/mol. The summed E-state index contributed by atoms with van der Waals surface area (Å²) in [5.41, 5.74) is -1.01. The molecule has 2 N–H and O–H groups in total. The van der Waals surface area contributed by atoms with Crippen LogP contribution in [0.5, 0.6) is 0 Å². The van der Waals surface area contributed by atoms with E-state index in [0.717, 1.165) is 8.99 Å². The molecule has 12 heteroatoms. The number of benzene rings is 2. The maximum absolute atomic E-state index is 12.6. The Hall–Kier alpha value is -3.28. The Balaban J connectivity index is 1.95. The van der Waals surface area contributed by atoms with Crippen molar-refractivity contribution >= 4 is 50.0 Å². The molecule has 1 amide bonds. The number of aromatic carboxylic acids is 1. The summed E-state index contributed by atoms with van der Waals surface area (Å²) >= 11 is 6.06. The number of halogens is 1. The van der Waals surface area contributed by atoms with E-state index in [9.17, 15) is 27.9 Å². The minimum Gasteiger partial charge on any atom is -0.476 e. The molecule has 31 heavy (non-hydrogen) atoms. The van der Waals surface area contributed by atoms with Gasteiger partial charge in [0, 0.05) is 19.5 Å². The minimum absolute atomic E-state index is 0.0156. The van der Waals surface area contributed by atoms with Crippen molar-refractivity contribution in [3.63, 3.8) is 0 Å². The van der Waals surface area contributed by atoms with Crippen LogP contribution in [0.4, 0.5) is 5.69 Å². The normalized spacial score (nSPS) is 11.6. The fraction of sp³-hybridized carbons (Fsp3) is 0.158. The number of carboxylic acid groups (broad SMARTS) is 1. The van der Waals surface area contributed by atoms with Gasteiger partial charge in [0.2, 0.25) is 15.9 Å². The van der Waals surface area contributed by atoms with Gasteiger partial charge in [-0.05, 0) is 24.3 Å². The van der Waals surface area contributed by atoms with E-state index in [1.54, 1.807) is 12.1 Å². The van der Waals surface area contributed by atoms with Crippen LogP contribution in [0.2, 0.25) is 5.02 Å². The molecule has 0 radical (unpaired) electrons. The Morgan fingerprint density at radius 1 is 1.16 bits per heavy atom. The average molecular weight is 465 g/mol. The average Bonchev–Trinajstić information content (AvgIpc) is 2.71. The lowest BCUT2D eigenvalue weighted by atomic mass is 10.1. The van der Waals surface area contributed by atoms with Gasteiger partial charge in [-0.25, -0.2) is 22.2 Å². The van der Waals surface area contributed by atoms with E-state index in [4.69, 9.17) is 11.6 Å². The summed E-state index contributed by atoms with van der Waals surface area (Å²) in [5.74, 6) is -2.10. The van der Waals surface area contributed by atoms with E-state index in [-0.39, 0.29) is 32.1 Å². The summed E-state index contributed by atoms with van der Waals surface area (Å²) in [5, 5.41) is 16.0. The van der Waals surface area contributed by atoms with Crippen molar-refractivity contribution in [2.24, 2.45) is 0 Å². The van der Waals surface area contributed by atoms with E-state index in [2.05, 4.69) is 10.4 Å². The largest absolute Gasteiger partial charge is 0.476 e. The van der Waals surface area contributed by atoms with Gasteiger partial charge in [0.15, 0.2) is 5.69 Å². The second-order valence-electron chi connectivity index (χ2n) is 6.64. The van der Waals surface area contributed by atoms with Gasteiger partial charge in [-0.2, -0.15) is 5.10 Å². The van der Waals surface area contributed by atoms with E-state index in [1.165, 1.54) is 44.4 Å². The molecule has 0 aliphatic carbocycles. The molecule has 0 aliphatic rings. The first-order chi connectivity index (χ1) is 14.5. The third kappa shape index (κ3) is 4.43. The van der Waals surface area contributed by atoms with Crippen LogP contribution in [0.1, 0.15) is 10.5 Å². The summed E-state index contributed by atoms with van der Waals surface area (Å²) in [6, 6.07) is 9.83. The first-order valence-corrected chi connectivity index (χ1v) is 10.6. The Bertz CT molecular complexity index is 1370. The zero-order valence-corrected chi connectivity index (χ0v) is 17.9. The van der Waals surface area contributed by atoms with Gasteiger partial charge < -0.3 is 10.4 Å². The van der Waals surface area contributed by atoms with E-state index in [1.807, 2.05) is 0 Å². The quantitative estimate of drug-likeness (QED) is 0.565. The monoisotopic (exact) mass is 464 g/mol. The lowest BCUT2D eigenvalue weighted by molar-refractivity contribution is -0.117. The van der Waals surface area contributed by atoms with Crippen LogP contribution in [0.3, 0.4) is 0 Å². The molecular formula is C19H17ClN4O6S. The highest BCUT2D eigenvalue weighted by atomic mass is 35.5. The highest BCUT2D eigenvalue weighted by Crippen LogP contribution is 2.26. The fourth-order valence-electron chi connectivity index (χ4n) is 2.80. The molecule has 0 saturated carbocycles. The molecule has 0 aliphatic heterocycles. The van der Waals surface area contributed by atoms with E-state index >= 15 is 0 Å². The molecule has 0 bridgehead atoms. The number of amides is 1. The van der Waals surface area contributed by atoms with Crippen molar-refractivity contribution in [1.82, 2.24) is 14.1 Å². The van der Waals surface area contributed by atoms with E-state index < -0.39 is 34.0 Å². The standard InChI is InChI=1S/C19H17ClN4O6S/c1-23(2)31(29,30)11-7-8-14(20)15(9-11)21-16(25)10-24-18(26)13-6-4-3-5-12(13)17(22-24)19(27)28/h3-9H,10H2,1-2H3,(H,21,25)(H,27,28). The molecule has 3 rings (SSSR count). The maximum Gasteiger partial charge on any atom is 0.357 e. The van der Waals surface area contributed by atoms with Crippen molar-refractivity contribution in [2.75, 3.05) is 19.4 Å². The lowest BCUT2D eigenvalue weighted by Gasteiger charge is -2.14. The first-order valence-electron chi connectivity index (χ1n) is 8.77. The predicted molar refractivity (Wildman–Crippen MR) is 114 cm³/mol. The number of sulfonamides is 1. The Kier molecular flexibility index (Phi) is 6.11. The van der Waals surface area contributed by atoms with Crippen LogP contribution < -0.4 is 10.9 Å². The van der Waals surface area contributed by atoms with Crippen LogP contribution in [-0.2, 0) is 21.4 Å². The van der Waals surface area contributed by atoms with Gasteiger partial charge in [-0.1, -0.05) is 29.8 Å². The molecule has 10 nitrogen and oxygen atoms in total. The number of nitrogens with one attached hydrogen (secondary N) is 1. The number of carbonyl (C=O) groups excluding carboxylic acids is 1. The van der Waals surface area contributed by atoms with Gasteiger partial charge in [-0.3, -0.25) is 9.59 Å². The molecule has 0 unspecified atom stereocenters. The van der Waals surface area contributed by atoms with Gasteiger partial charge in [0.25, 0.3) is 5.56 Å². The summed E-state index contributed by atoms with van der Waals surface area (Å²) < 4.78 is 26.3. The fourth-order valence-corrected chi connectivity index (χ4v) is 3.89. The smallest absolute Gasteiger partial charge is 0.357 e. The third-order valence-corrected chi connectivity index (χ3v) is 6.49. The highest BCUT2D eigenvalue weighted by Gasteiger charge is 2.20. The molecule has 0 atom stereocenters. The number of fused-ring (bicyclic) bond motifs is 1. The first kappa shape index (κ1) is 22.4. The predicted octanol–water partition coefficient (Wildman–Crippen LogP) is 1.64. The van der Waals surface area contributed by atoms with Crippen LogP contribution in [-0.4, -0.2) is 53.6 Å². The minimum atomic E-state index is -3.77. The number of carbonyl (C=O) groups is 2. The molecule has 2 aromatic carbocycles. The topological polar surface area (TPSA) is 139 Å². The second-order valence-corrected chi connectivity index (χ2v) is 9.20. The van der Waals surface area contributed by atoms with Gasteiger partial charge in [0.05, 0.1) is 21.0 Å². The van der Waals surface area contributed by atoms with Crippen molar-refractivity contribution in [3.05, 3.63) is 63.5 Å². The van der Waals surface area contributed by atoms with Crippen LogP contribution in [0, 0.1) is 0 Å². The SMILES string of the molecule is CN(C)S(=O)(=O)c1ccc(Cl)c(NC(=O)Cn2nc(C(=O)O)c3ccccc3c2=O)c1. The molecule has 162 valence electrons. The Labute approximate surface area is 181 Å². The maximum atomic E-state index is 12.6. The number of anilines is 1. The summed E-state index contributed by atoms with van der Waals surface area (Å²) in [4.78, 5) is 36.6. The van der Waals surface area contributed by atoms with Gasteiger partial charge >= 0.3 is 5.97 Å². The van der Waals surface area contributed by atoms with Gasteiger partial charge in [-0.15, -0.1) is 0 Å². The van der Waals surface area contributed by atoms with Gasteiger partial charge in [0.1, 0.15) is 6.54 Å². The zero-order chi connectivity index (χ0) is 22.9. The second kappa shape index (κ2) is 8.46. The third-order valence-electron chi connectivity index (χ3n) is 4.35. The molecule has 3 aromatic rings. The summed E-state index contributed by atoms with van der Waals surface area (Å²) in [6.45, 7) is -0.606. The molecule has 1 heterocycles. The van der Waals surface area contributed by atoms with Crippen molar-refractivity contribution in [3.8, 4) is 0 Å². The number of rotatable bonds is 6. The number of carboxylic acids is 1.